The number of rotatable bonds is 3. The number of pyridine rings is 1. The Morgan fingerprint density at radius 1 is 1.47 bits per heavy atom. The van der Waals surface area contributed by atoms with E-state index < -0.39 is 11.7 Å². The van der Waals surface area contributed by atoms with Crippen LogP contribution in [0.3, 0.4) is 0 Å². The highest BCUT2D eigenvalue weighted by atomic mass is 19.4. The van der Waals surface area contributed by atoms with Gasteiger partial charge in [-0.3, -0.25) is 0 Å². The summed E-state index contributed by atoms with van der Waals surface area (Å²) >= 11 is 0. The molecule has 0 spiro atoms. The van der Waals surface area contributed by atoms with Gasteiger partial charge in [0.2, 0.25) is 0 Å². The van der Waals surface area contributed by atoms with E-state index in [-0.39, 0.29) is 11.9 Å². The largest absolute Gasteiger partial charge is 0.419 e. The molecule has 3 nitrogen and oxygen atoms in total. The van der Waals surface area contributed by atoms with E-state index in [0.29, 0.717) is 19.6 Å². The number of nitrogens with zero attached hydrogens (tertiary/aromatic N) is 2. The number of aromatic nitrogens is 1. The summed E-state index contributed by atoms with van der Waals surface area (Å²) in [5, 5.41) is 3.33. The van der Waals surface area contributed by atoms with Gasteiger partial charge in [-0.2, -0.15) is 13.2 Å². The molecule has 1 aromatic heterocycles. The fourth-order valence-corrected chi connectivity index (χ4v) is 2.43. The standard InChI is InChI=1S/C13H18F3N3/c1-2-4-10-9-19(8-7-17-10)12-11(13(14,15)16)5-3-6-18-12/h3,5-6,10,17H,2,4,7-9H2,1H3/t10-/m1/s1. The smallest absolute Gasteiger partial charge is 0.353 e. The first-order valence-corrected chi connectivity index (χ1v) is 6.53. The van der Waals surface area contributed by atoms with E-state index in [4.69, 9.17) is 0 Å². The molecule has 1 aliphatic rings. The van der Waals surface area contributed by atoms with Gasteiger partial charge in [0, 0.05) is 31.9 Å². The summed E-state index contributed by atoms with van der Waals surface area (Å²) in [7, 11) is 0. The molecule has 6 heteroatoms. The summed E-state index contributed by atoms with van der Waals surface area (Å²) in [5.74, 6) is 0.0533. The van der Waals surface area contributed by atoms with E-state index in [9.17, 15) is 13.2 Å². The van der Waals surface area contributed by atoms with Crippen LogP contribution in [0.4, 0.5) is 19.0 Å². The number of nitrogens with one attached hydrogen (secondary N) is 1. The van der Waals surface area contributed by atoms with Crippen molar-refractivity contribution in [3.63, 3.8) is 0 Å². The van der Waals surface area contributed by atoms with Crippen LogP contribution in [-0.4, -0.2) is 30.7 Å². The quantitative estimate of drug-likeness (QED) is 0.917. The van der Waals surface area contributed by atoms with Crippen molar-refractivity contribution < 1.29 is 13.2 Å². The van der Waals surface area contributed by atoms with Crippen LogP contribution in [0, 0.1) is 0 Å². The minimum Gasteiger partial charge on any atom is -0.353 e. The van der Waals surface area contributed by atoms with E-state index in [1.54, 1.807) is 4.90 Å². The fraction of sp³-hybridized carbons (Fsp3) is 0.615. The summed E-state index contributed by atoms with van der Waals surface area (Å²) in [6.45, 7) is 3.90. The minimum absolute atomic E-state index is 0.0533. The topological polar surface area (TPSA) is 28.2 Å². The maximum Gasteiger partial charge on any atom is 0.419 e. The first-order valence-electron chi connectivity index (χ1n) is 6.53. The average molecular weight is 273 g/mol. The second-order valence-corrected chi connectivity index (χ2v) is 4.76. The number of alkyl halides is 3. The molecule has 106 valence electrons. The molecule has 1 atom stereocenters. The molecule has 19 heavy (non-hydrogen) atoms. The van der Waals surface area contributed by atoms with Gasteiger partial charge in [-0.25, -0.2) is 4.98 Å². The first kappa shape index (κ1) is 14.1. The minimum atomic E-state index is -4.35. The Bertz CT molecular complexity index is 418. The lowest BCUT2D eigenvalue weighted by atomic mass is 10.1. The molecule has 0 amide bonds. The Kier molecular flexibility index (Phi) is 4.29. The Hall–Kier alpha value is -1.30. The van der Waals surface area contributed by atoms with E-state index in [0.717, 1.165) is 18.9 Å². The molecule has 0 aromatic carbocycles. The summed E-state index contributed by atoms with van der Waals surface area (Å²) < 4.78 is 38.9. The molecule has 0 saturated carbocycles. The molecule has 1 aromatic rings. The Morgan fingerprint density at radius 3 is 2.95 bits per heavy atom. The number of hydrogen-bond acceptors (Lipinski definition) is 3. The van der Waals surface area contributed by atoms with Crippen LogP contribution in [0.1, 0.15) is 25.3 Å². The Labute approximate surface area is 110 Å². The van der Waals surface area contributed by atoms with E-state index in [2.05, 4.69) is 17.2 Å². The predicted octanol–water partition coefficient (Wildman–Crippen LogP) is 2.68. The molecular weight excluding hydrogens is 255 g/mol. The van der Waals surface area contributed by atoms with E-state index in [1.165, 1.54) is 12.3 Å². The molecule has 0 bridgehead atoms. The number of hydrogen-bond donors (Lipinski definition) is 1. The molecule has 2 rings (SSSR count). The van der Waals surface area contributed by atoms with Crippen LogP contribution in [0.25, 0.3) is 0 Å². The van der Waals surface area contributed by atoms with E-state index in [1.807, 2.05) is 0 Å². The maximum atomic E-state index is 13.0. The molecule has 1 aliphatic heterocycles. The molecule has 0 radical (unpaired) electrons. The van der Waals surface area contributed by atoms with Gasteiger partial charge in [-0.1, -0.05) is 13.3 Å². The summed E-state index contributed by atoms with van der Waals surface area (Å²) in [6.07, 6.45) is -0.958. The van der Waals surface area contributed by atoms with Crippen molar-refractivity contribution >= 4 is 5.82 Å². The highest BCUT2D eigenvalue weighted by molar-refractivity contribution is 5.49. The third-order valence-corrected chi connectivity index (χ3v) is 3.28. The van der Waals surface area contributed by atoms with Crippen molar-refractivity contribution in [1.82, 2.24) is 10.3 Å². The summed E-state index contributed by atoms with van der Waals surface area (Å²) in [5.41, 5.74) is -0.646. The van der Waals surface area contributed by atoms with Gasteiger partial charge in [-0.15, -0.1) is 0 Å². The Balaban J connectivity index is 2.21. The second kappa shape index (κ2) is 5.77. The fourth-order valence-electron chi connectivity index (χ4n) is 2.43. The van der Waals surface area contributed by atoms with Crippen LogP contribution in [0.15, 0.2) is 18.3 Å². The zero-order chi connectivity index (χ0) is 13.9. The van der Waals surface area contributed by atoms with Crippen molar-refractivity contribution in [2.75, 3.05) is 24.5 Å². The molecule has 0 unspecified atom stereocenters. The number of halogens is 3. The molecule has 1 fully saturated rings. The van der Waals surface area contributed by atoms with Gasteiger partial charge in [0.05, 0.1) is 5.56 Å². The first-order chi connectivity index (χ1) is 9.02. The normalized spacial score (nSPS) is 20.6. The number of anilines is 1. The lowest BCUT2D eigenvalue weighted by Gasteiger charge is -2.35. The van der Waals surface area contributed by atoms with Crippen LogP contribution >= 0.6 is 0 Å². The van der Waals surface area contributed by atoms with Crippen molar-refractivity contribution in [1.29, 1.82) is 0 Å². The van der Waals surface area contributed by atoms with Crippen LogP contribution < -0.4 is 10.2 Å². The molecule has 0 aliphatic carbocycles. The van der Waals surface area contributed by atoms with Crippen LogP contribution in [0.2, 0.25) is 0 Å². The highest BCUT2D eigenvalue weighted by Crippen LogP contribution is 2.35. The van der Waals surface area contributed by atoms with Crippen molar-refractivity contribution in [3.8, 4) is 0 Å². The lowest BCUT2D eigenvalue weighted by molar-refractivity contribution is -0.137. The third-order valence-electron chi connectivity index (χ3n) is 3.28. The summed E-state index contributed by atoms with van der Waals surface area (Å²) in [6, 6.07) is 2.67. The molecule has 1 N–H and O–H groups in total. The van der Waals surface area contributed by atoms with Gasteiger partial charge >= 0.3 is 6.18 Å². The van der Waals surface area contributed by atoms with Crippen molar-refractivity contribution in [2.45, 2.75) is 32.0 Å². The van der Waals surface area contributed by atoms with Crippen molar-refractivity contribution in [2.24, 2.45) is 0 Å². The second-order valence-electron chi connectivity index (χ2n) is 4.76. The zero-order valence-corrected chi connectivity index (χ0v) is 10.9. The predicted molar refractivity (Wildman–Crippen MR) is 68.2 cm³/mol. The molecular formula is C13H18F3N3. The van der Waals surface area contributed by atoms with Crippen LogP contribution in [0.5, 0.6) is 0 Å². The highest BCUT2D eigenvalue weighted by Gasteiger charge is 2.36. The zero-order valence-electron chi connectivity index (χ0n) is 10.9. The Morgan fingerprint density at radius 2 is 2.26 bits per heavy atom. The SMILES string of the molecule is CCC[C@@H]1CN(c2ncccc2C(F)(F)F)CCN1. The summed E-state index contributed by atoms with van der Waals surface area (Å²) in [4.78, 5) is 5.68. The maximum absolute atomic E-state index is 13.0. The van der Waals surface area contributed by atoms with Crippen LogP contribution in [-0.2, 0) is 6.18 Å². The molecule has 1 saturated heterocycles. The van der Waals surface area contributed by atoms with Gasteiger partial charge in [0.25, 0.3) is 0 Å². The third kappa shape index (κ3) is 3.37. The number of piperazine rings is 1. The monoisotopic (exact) mass is 273 g/mol. The molecule has 2 heterocycles. The van der Waals surface area contributed by atoms with Crippen molar-refractivity contribution in [3.05, 3.63) is 23.9 Å². The van der Waals surface area contributed by atoms with E-state index >= 15 is 0 Å². The average Bonchev–Trinajstić information content (AvgIpc) is 2.38. The van der Waals surface area contributed by atoms with Gasteiger partial charge in [0.15, 0.2) is 0 Å². The van der Waals surface area contributed by atoms with Gasteiger partial charge in [0.1, 0.15) is 5.82 Å². The van der Waals surface area contributed by atoms with Gasteiger partial charge in [-0.05, 0) is 18.6 Å². The van der Waals surface area contributed by atoms with Gasteiger partial charge < -0.3 is 10.2 Å². The lowest BCUT2D eigenvalue weighted by Crippen LogP contribution is -2.51.